The number of piperidine rings is 2. The van der Waals surface area contributed by atoms with Crippen molar-refractivity contribution in [1.82, 2.24) is 9.80 Å². The lowest BCUT2D eigenvalue weighted by Gasteiger charge is -2.29. The molecule has 2 rings (SSSR count). The average molecular weight is 282 g/mol. The second kappa shape index (κ2) is 8.53. The Balaban J connectivity index is 0.000000200. The van der Waals surface area contributed by atoms with Crippen LogP contribution in [0.2, 0.25) is 0 Å². The van der Waals surface area contributed by atoms with E-state index in [1.54, 1.807) is 0 Å². The zero-order valence-corrected chi connectivity index (χ0v) is 13.5. The average Bonchev–Trinajstić information content (AvgIpc) is 2.40. The fourth-order valence-corrected chi connectivity index (χ4v) is 2.58. The number of hydrogen-bond acceptors (Lipinski definition) is 4. The van der Waals surface area contributed by atoms with Crippen molar-refractivity contribution in [3.8, 4) is 0 Å². The minimum atomic E-state index is 0.428. The maximum Gasteiger partial charge on any atom is 0.135 e. The molecular formula is C16H30N2O2. The van der Waals surface area contributed by atoms with E-state index in [9.17, 15) is 9.59 Å². The molecule has 4 nitrogen and oxygen atoms in total. The SMILES string of the molecule is CC(C)N1CCC(=O)CC1.CC(C)N1CCC(=O)CC1. The number of carbonyl (C=O) groups excluding carboxylic acids is 2. The van der Waals surface area contributed by atoms with E-state index in [1.165, 1.54) is 0 Å². The van der Waals surface area contributed by atoms with Gasteiger partial charge in [0.05, 0.1) is 0 Å². The summed E-state index contributed by atoms with van der Waals surface area (Å²) in [7, 11) is 0. The summed E-state index contributed by atoms with van der Waals surface area (Å²) in [4.78, 5) is 26.3. The highest BCUT2D eigenvalue weighted by Crippen LogP contribution is 2.09. The van der Waals surface area contributed by atoms with Crippen LogP contribution in [0.25, 0.3) is 0 Å². The van der Waals surface area contributed by atoms with Crippen LogP contribution in [0.5, 0.6) is 0 Å². The molecule has 2 aliphatic heterocycles. The molecule has 0 aromatic rings. The van der Waals surface area contributed by atoms with Crippen LogP contribution in [0.4, 0.5) is 0 Å². The number of ketones is 2. The van der Waals surface area contributed by atoms with Gasteiger partial charge in [0.25, 0.3) is 0 Å². The van der Waals surface area contributed by atoms with Crippen LogP contribution in [0, 0.1) is 0 Å². The summed E-state index contributed by atoms with van der Waals surface area (Å²) in [5.41, 5.74) is 0. The fraction of sp³-hybridized carbons (Fsp3) is 0.875. The molecule has 0 saturated carbocycles. The molecule has 0 N–H and O–H groups in total. The van der Waals surface area contributed by atoms with Gasteiger partial charge in [-0.25, -0.2) is 0 Å². The van der Waals surface area contributed by atoms with Gasteiger partial charge >= 0.3 is 0 Å². The summed E-state index contributed by atoms with van der Waals surface area (Å²) in [6, 6.07) is 1.21. The van der Waals surface area contributed by atoms with Gasteiger partial charge in [-0.3, -0.25) is 9.59 Å². The molecule has 0 spiro atoms. The van der Waals surface area contributed by atoms with Gasteiger partial charge in [0.2, 0.25) is 0 Å². The molecule has 0 aromatic carbocycles. The Morgan fingerprint density at radius 2 is 0.900 bits per heavy atom. The van der Waals surface area contributed by atoms with Crippen LogP contribution in [0.1, 0.15) is 53.4 Å². The number of nitrogens with zero attached hydrogens (tertiary/aromatic N) is 2. The maximum atomic E-state index is 10.8. The minimum absolute atomic E-state index is 0.428. The highest BCUT2D eigenvalue weighted by atomic mass is 16.1. The molecular weight excluding hydrogens is 252 g/mol. The van der Waals surface area contributed by atoms with Gasteiger partial charge in [-0.05, 0) is 27.7 Å². The molecule has 2 aliphatic rings. The van der Waals surface area contributed by atoms with Gasteiger partial charge in [-0.2, -0.15) is 0 Å². The molecule has 2 saturated heterocycles. The van der Waals surface area contributed by atoms with Crippen molar-refractivity contribution in [2.24, 2.45) is 0 Å². The van der Waals surface area contributed by atoms with Gasteiger partial charge < -0.3 is 9.80 Å². The molecule has 0 bridgehead atoms. The van der Waals surface area contributed by atoms with Crippen molar-refractivity contribution in [1.29, 1.82) is 0 Å². The summed E-state index contributed by atoms with van der Waals surface area (Å²) in [5, 5.41) is 0. The summed E-state index contributed by atoms with van der Waals surface area (Å²) < 4.78 is 0. The van der Waals surface area contributed by atoms with Crippen LogP contribution in [-0.2, 0) is 9.59 Å². The maximum absolute atomic E-state index is 10.8. The van der Waals surface area contributed by atoms with Crippen molar-refractivity contribution in [2.75, 3.05) is 26.2 Å². The Morgan fingerprint density at radius 1 is 0.650 bits per heavy atom. The lowest BCUT2D eigenvalue weighted by Crippen LogP contribution is -2.38. The predicted octanol–water partition coefficient (Wildman–Crippen LogP) is 2.12. The molecule has 0 amide bonds. The topological polar surface area (TPSA) is 40.6 Å². The Morgan fingerprint density at radius 3 is 1.10 bits per heavy atom. The monoisotopic (exact) mass is 282 g/mol. The molecule has 2 fully saturated rings. The highest BCUT2D eigenvalue weighted by Gasteiger charge is 2.18. The van der Waals surface area contributed by atoms with Gasteiger partial charge in [-0.15, -0.1) is 0 Å². The normalized spacial score (nSPS) is 22.1. The van der Waals surface area contributed by atoms with Crippen molar-refractivity contribution in [3.63, 3.8) is 0 Å². The van der Waals surface area contributed by atoms with Gasteiger partial charge in [0, 0.05) is 63.9 Å². The van der Waals surface area contributed by atoms with E-state index in [4.69, 9.17) is 0 Å². The Kier molecular flexibility index (Phi) is 7.38. The standard InChI is InChI=1S/2C8H15NO/c2*1-7(2)9-5-3-8(10)4-6-9/h2*7H,3-6H2,1-2H3. The largest absolute Gasteiger partial charge is 0.300 e. The smallest absolute Gasteiger partial charge is 0.135 e. The van der Waals surface area contributed by atoms with Crippen LogP contribution >= 0.6 is 0 Å². The second-order valence-corrected chi connectivity index (χ2v) is 6.34. The van der Waals surface area contributed by atoms with E-state index in [0.29, 0.717) is 23.7 Å². The fourth-order valence-electron chi connectivity index (χ4n) is 2.58. The second-order valence-electron chi connectivity index (χ2n) is 6.34. The summed E-state index contributed by atoms with van der Waals surface area (Å²) >= 11 is 0. The van der Waals surface area contributed by atoms with E-state index in [0.717, 1.165) is 51.9 Å². The van der Waals surface area contributed by atoms with Crippen LogP contribution < -0.4 is 0 Å². The first-order valence-corrected chi connectivity index (χ1v) is 7.91. The molecule has 2 heterocycles. The van der Waals surface area contributed by atoms with Gasteiger partial charge in [-0.1, -0.05) is 0 Å². The quantitative estimate of drug-likeness (QED) is 0.778. The molecule has 20 heavy (non-hydrogen) atoms. The van der Waals surface area contributed by atoms with E-state index in [1.807, 2.05) is 0 Å². The number of likely N-dealkylation sites (tertiary alicyclic amines) is 2. The summed E-state index contributed by atoms with van der Waals surface area (Å²) in [6.45, 7) is 12.6. The van der Waals surface area contributed by atoms with Crippen molar-refractivity contribution in [3.05, 3.63) is 0 Å². The minimum Gasteiger partial charge on any atom is -0.300 e. The number of Topliss-reactive ketones (excluding diaryl/α,β-unsaturated/α-hetero) is 2. The zero-order valence-electron chi connectivity index (χ0n) is 13.5. The summed E-state index contributed by atoms with van der Waals surface area (Å²) in [6.07, 6.45) is 3.05. The van der Waals surface area contributed by atoms with Crippen molar-refractivity contribution < 1.29 is 9.59 Å². The summed E-state index contributed by atoms with van der Waals surface area (Å²) in [5.74, 6) is 0.855. The van der Waals surface area contributed by atoms with Gasteiger partial charge in [0.15, 0.2) is 0 Å². The highest BCUT2D eigenvalue weighted by molar-refractivity contribution is 5.79. The molecule has 4 heteroatoms. The third-order valence-electron chi connectivity index (χ3n) is 4.17. The van der Waals surface area contributed by atoms with Crippen molar-refractivity contribution in [2.45, 2.75) is 65.5 Å². The molecule has 0 unspecified atom stereocenters. The first kappa shape index (κ1) is 17.3. The van der Waals surface area contributed by atoms with E-state index in [-0.39, 0.29) is 0 Å². The van der Waals surface area contributed by atoms with E-state index >= 15 is 0 Å². The van der Waals surface area contributed by atoms with Gasteiger partial charge in [0.1, 0.15) is 11.6 Å². The van der Waals surface area contributed by atoms with Crippen LogP contribution in [-0.4, -0.2) is 59.6 Å². The Bertz CT molecular complexity index is 274. The molecule has 0 atom stereocenters. The lowest BCUT2D eigenvalue weighted by atomic mass is 10.1. The zero-order chi connectivity index (χ0) is 15.1. The van der Waals surface area contributed by atoms with E-state index < -0.39 is 0 Å². The Hall–Kier alpha value is -0.740. The van der Waals surface area contributed by atoms with Crippen LogP contribution in [0.15, 0.2) is 0 Å². The molecule has 0 radical (unpaired) electrons. The van der Waals surface area contributed by atoms with E-state index in [2.05, 4.69) is 37.5 Å². The molecule has 0 aliphatic carbocycles. The Labute approximate surface area is 123 Å². The number of hydrogen-bond donors (Lipinski definition) is 0. The van der Waals surface area contributed by atoms with Crippen molar-refractivity contribution >= 4 is 11.6 Å². The number of rotatable bonds is 2. The first-order valence-electron chi connectivity index (χ1n) is 7.91. The lowest BCUT2D eigenvalue weighted by molar-refractivity contribution is -0.122. The molecule has 0 aromatic heterocycles. The first-order chi connectivity index (χ1) is 9.40. The number of carbonyl (C=O) groups is 2. The third-order valence-corrected chi connectivity index (χ3v) is 4.17. The molecule has 116 valence electrons. The predicted molar refractivity (Wildman–Crippen MR) is 81.9 cm³/mol. The van der Waals surface area contributed by atoms with Crippen LogP contribution in [0.3, 0.4) is 0 Å². The third kappa shape index (κ3) is 6.14.